The summed E-state index contributed by atoms with van der Waals surface area (Å²) in [5, 5.41) is 11.0. The Hall–Kier alpha value is -2.74. The molecule has 8 heteroatoms. The third-order valence-electron chi connectivity index (χ3n) is 3.88. The van der Waals surface area contributed by atoms with Crippen LogP contribution in [-0.2, 0) is 17.7 Å². The molecule has 3 rings (SSSR count). The standard InChI is InChI=1S/C17H23N7O/c1-5-12-14-15(24(23-12)8-9-25-4)16(22-17(18-3)21-14)20-13-10-11(2)6-7-19-13/h6-7,10H,5,8-9H2,1-4H3,(H2,18,19,20,21,22). The maximum Gasteiger partial charge on any atom is 0.225 e. The number of anilines is 3. The van der Waals surface area contributed by atoms with Gasteiger partial charge in [0.25, 0.3) is 0 Å². The summed E-state index contributed by atoms with van der Waals surface area (Å²) >= 11 is 0. The molecule has 0 amide bonds. The van der Waals surface area contributed by atoms with Crippen LogP contribution in [0.5, 0.6) is 0 Å². The van der Waals surface area contributed by atoms with Gasteiger partial charge in [0.2, 0.25) is 5.95 Å². The van der Waals surface area contributed by atoms with Crippen molar-refractivity contribution in [2.45, 2.75) is 26.8 Å². The summed E-state index contributed by atoms with van der Waals surface area (Å²) < 4.78 is 7.11. The summed E-state index contributed by atoms with van der Waals surface area (Å²) in [6.07, 6.45) is 2.56. The highest BCUT2D eigenvalue weighted by Crippen LogP contribution is 2.27. The molecule has 25 heavy (non-hydrogen) atoms. The van der Waals surface area contributed by atoms with Gasteiger partial charge in [-0.3, -0.25) is 4.68 Å². The van der Waals surface area contributed by atoms with Crippen molar-refractivity contribution in [1.82, 2.24) is 24.7 Å². The maximum absolute atomic E-state index is 5.21. The van der Waals surface area contributed by atoms with Gasteiger partial charge < -0.3 is 15.4 Å². The van der Waals surface area contributed by atoms with Gasteiger partial charge in [-0.2, -0.15) is 10.1 Å². The first-order valence-electron chi connectivity index (χ1n) is 8.30. The Morgan fingerprint density at radius 3 is 2.80 bits per heavy atom. The molecule has 0 aliphatic rings. The molecule has 0 fully saturated rings. The highest BCUT2D eigenvalue weighted by atomic mass is 16.5. The van der Waals surface area contributed by atoms with Crippen LogP contribution in [0.2, 0.25) is 0 Å². The van der Waals surface area contributed by atoms with E-state index in [1.165, 1.54) is 0 Å². The van der Waals surface area contributed by atoms with Crippen molar-refractivity contribution in [3.63, 3.8) is 0 Å². The van der Waals surface area contributed by atoms with E-state index < -0.39 is 0 Å². The Labute approximate surface area is 146 Å². The molecule has 3 aromatic rings. The minimum absolute atomic E-state index is 0.545. The van der Waals surface area contributed by atoms with Crippen LogP contribution in [0.3, 0.4) is 0 Å². The summed E-state index contributed by atoms with van der Waals surface area (Å²) in [7, 11) is 3.48. The summed E-state index contributed by atoms with van der Waals surface area (Å²) in [6.45, 7) is 5.29. The van der Waals surface area contributed by atoms with Gasteiger partial charge in [-0.05, 0) is 31.0 Å². The fraction of sp³-hybridized carbons (Fsp3) is 0.412. The van der Waals surface area contributed by atoms with Crippen LogP contribution in [0, 0.1) is 6.92 Å². The molecule has 0 aromatic carbocycles. The Morgan fingerprint density at radius 2 is 2.12 bits per heavy atom. The monoisotopic (exact) mass is 341 g/mol. The predicted octanol–water partition coefficient (Wildman–Crippen LogP) is 2.52. The van der Waals surface area contributed by atoms with Gasteiger partial charge >= 0.3 is 0 Å². The van der Waals surface area contributed by atoms with E-state index in [-0.39, 0.29) is 0 Å². The van der Waals surface area contributed by atoms with E-state index in [9.17, 15) is 0 Å². The van der Waals surface area contributed by atoms with E-state index in [0.717, 1.165) is 34.5 Å². The number of aromatic nitrogens is 5. The van der Waals surface area contributed by atoms with Crippen molar-refractivity contribution in [2.75, 3.05) is 31.4 Å². The summed E-state index contributed by atoms with van der Waals surface area (Å²) in [4.78, 5) is 13.6. The van der Waals surface area contributed by atoms with Crippen molar-refractivity contribution in [1.29, 1.82) is 0 Å². The van der Waals surface area contributed by atoms with Gasteiger partial charge in [0.15, 0.2) is 5.82 Å². The zero-order valence-corrected chi connectivity index (χ0v) is 15.0. The Balaban J connectivity index is 2.15. The molecule has 0 unspecified atom stereocenters. The molecule has 132 valence electrons. The molecule has 0 atom stereocenters. The number of hydrogen-bond acceptors (Lipinski definition) is 7. The second-order valence-electron chi connectivity index (χ2n) is 5.70. The second-order valence-corrected chi connectivity index (χ2v) is 5.70. The van der Waals surface area contributed by atoms with E-state index in [0.29, 0.717) is 24.9 Å². The van der Waals surface area contributed by atoms with E-state index in [2.05, 4.69) is 37.6 Å². The van der Waals surface area contributed by atoms with Crippen molar-refractivity contribution < 1.29 is 4.74 Å². The molecule has 0 aliphatic carbocycles. The van der Waals surface area contributed by atoms with Gasteiger partial charge in [-0.15, -0.1) is 0 Å². The maximum atomic E-state index is 5.21. The lowest BCUT2D eigenvalue weighted by atomic mass is 10.2. The van der Waals surface area contributed by atoms with Crippen molar-refractivity contribution in [3.8, 4) is 0 Å². The molecule has 0 saturated carbocycles. The molecule has 0 bridgehead atoms. The van der Waals surface area contributed by atoms with Crippen molar-refractivity contribution in [2.24, 2.45) is 0 Å². The highest BCUT2D eigenvalue weighted by molar-refractivity contribution is 5.90. The molecule has 8 nitrogen and oxygen atoms in total. The Morgan fingerprint density at radius 1 is 1.28 bits per heavy atom. The fourth-order valence-corrected chi connectivity index (χ4v) is 2.65. The van der Waals surface area contributed by atoms with Crippen LogP contribution in [-0.4, -0.2) is 45.5 Å². The lowest BCUT2D eigenvalue weighted by Gasteiger charge is -2.11. The molecular formula is C17H23N7O. The number of nitrogens with one attached hydrogen (secondary N) is 2. The van der Waals surface area contributed by atoms with E-state index in [1.807, 2.05) is 23.7 Å². The van der Waals surface area contributed by atoms with Gasteiger partial charge in [0.05, 0.1) is 18.8 Å². The molecule has 0 saturated heterocycles. The van der Waals surface area contributed by atoms with Crippen molar-refractivity contribution >= 4 is 28.6 Å². The molecule has 0 aliphatic heterocycles. The number of rotatable bonds is 7. The number of aryl methyl sites for hydroxylation is 2. The number of fused-ring (bicyclic) bond motifs is 1. The van der Waals surface area contributed by atoms with E-state index in [4.69, 9.17) is 4.74 Å². The zero-order valence-electron chi connectivity index (χ0n) is 15.0. The number of ether oxygens (including phenoxy) is 1. The van der Waals surface area contributed by atoms with Gasteiger partial charge in [0, 0.05) is 20.4 Å². The summed E-state index contributed by atoms with van der Waals surface area (Å²) in [5.74, 6) is 1.96. The highest BCUT2D eigenvalue weighted by Gasteiger charge is 2.18. The van der Waals surface area contributed by atoms with Crippen LogP contribution in [0.25, 0.3) is 11.0 Å². The SMILES string of the molecule is CCc1nn(CCOC)c2c(Nc3cc(C)ccn3)nc(NC)nc12. The number of pyridine rings is 1. The van der Waals surface area contributed by atoms with E-state index >= 15 is 0 Å². The van der Waals surface area contributed by atoms with Crippen LogP contribution in [0.15, 0.2) is 18.3 Å². The van der Waals surface area contributed by atoms with Crippen LogP contribution < -0.4 is 10.6 Å². The van der Waals surface area contributed by atoms with Gasteiger partial charge in [0.1, 0.15) is 16.9 Å². The quantitative estimate of drug-likeness (QED) is 0.682. The largest absolute Gasteiger partial charge is 0.383 e. The number of methoxy groups -OCH3 is 1. The van der Waals surface area contributed by atoms with Crippen LogP contribution in [0.1, 0.15) is 18.2 Å². The Kier molecular flexibility index (Phi) is 5.08. The second kappa shape index (κ2) is 7.43. The topological polar surface area (TPSA) is 89.8 Å². The average molecular weight is 341 g/mol. The molecular weight excluding hydrogens is 318 g/mol. The third-order valence-corrected chi connectivity index (χ3v) is 3.88. The minimum Gasteiger partial charge on any atom is -0.383 e. The number of nitrogens with zero attached hydrogens (tertiary/aromatic N) is 5. The van der Waals surface area contributed by atoms with E-state index in [1.54, 1.807) is 20.4 Å². The van der Waals surface area contributed by atoms with Gasteiger partial charge in [-0.1, -0.05) is 6.92 Å². The summed E-state index contributed by atoms with van der Waals surface area (Å²) in [6, 6.07) is 3.93. The van der Waals surface area contributed by atoms with Crippen LogP contribution >= 0.6 is 0 Å². The molecule has 3 heterocycles. The lowest BCUT2D eigenvalue weighted by molar-refractivity contribution is 0.184. The first kappa shape index (κ1) is 17.1. The first-order chi connectivity index (χ1) is 12.2. The first-order valence-corrected chi connectivity index (χ1v) is 8.30. The van der Waals surface area contributed by atoms with Crippen LogP contribution in [0.4, 0.5) is 17.6 Å². The average Bonchev–Trinajstić information content (AvgIpc) is 2.98. The summed E-state index contributed by atoms with van der Waals surface area (Å²) in [5.41, 5.74) is 3.76. The normalized spacial score (nSPS) is 11.0. The van der Waals surface area contributed by atoms with Gasteiger partial charge in [-0.25, -0.2) is 9.97 Å². The lowest BCUT2D eigenvalue weighted by Crippen LogP contribution is -2.09. The fourth-order valence-electron chi connectivity index (χ4n) is 2.65. The minimum atomic E-state index is 0.545. The molecule has 0 spiro atoms. The predicted molar refractivity (Wildman–Crippen MR) is 98.4 cm³/mol. The third kappa shape index (κ3) is 3.53. The van der Waals surface area contributed by atoms with Crippen molar-refractivity contribution in [3.05, 3.63) is 29.6 Å². The molecule has 2 N–H and O–H groups in total. The number of hydrogen-bond donors (Lipinski definition) is 2. The molecule has 0 radical (unpaired) electrons. The Bertz CT molecular complexity index is 875. The molecule has 3 aromatic heterocycles. The zero-order chi connectivity index (χ0) is 17.8. The smallest absolute Gasteiger partial charge is 0.225 e.